The number of aryl methyl sites for hydroxylation is 2. The second kappa shape index (κ2) is 6.53. The lowest BCUT2D eigenvalue weighted by molar-refractivity contribution is 0.0718. The van der Waals surface area contributed by atoms with Gasteiger partial charge in [0.05, 0.1) is 11.8 Å². The molecule has 0 unspecified atom stereocenters. The van der Waals surface area contributed by atoms with Crippen LogP contribution in [0, 0.1) is 6.92 Å². The van der Waals surface area contributed by atoms with Gasteiger partial charge >= 0.3 is 0 Å². The first-order valence-corrected chi connectivity index (χ1v) is 11.4. The lowest BCUT2D eigenvalue weighted by Gasteiger charge is -2.23. The minimum absolute atomic E-state index is 0.152. The maximum atomic E-state index is 13.7. The van der Waals surface area contributed by atoms with E-state index in [1.54, 1.807) is 12.5 Å². The lowest BCUT2D eigenvalue weighted by atomic mass is 10.1. The third-order valence-electron chi connectivity index (χ3n) is 6.10. The topological polar surface area (TPSA) is 91.7 Å². The van der Waals surface area contributed by atoms with Crippen LogP contribution in [0.2, 0.25) is 0 Å². The number of thiazole rings is 1. The van der Waals surface area contributed by atoms with Crippen molar-refractivity contribution in [2.75, 3.05) is 5.32 Å². The van der Waals surface area contributed by atoms with E-state index in [1.165, 1.54) is 11.3 Å². The van der Waals surface area contributed by atoms with E-state index >= 15 is 0 Å². The summed E-state index contributed by atoms with van der Waals surface area (Å²) in [5.74, 6) is 0.806. The molecule has 2 fully saturated rings. The largest absolute Gasteiger partial charge is 0.344 e. The number of carbonyl (C=O) groups excluding carboxylic acids is 1. The maximum Gasteiger partial charge on any atom is 0.271 e. The van der Waals surface area contributed by atoms with Crippen LogP contribution in [0.25, 0.3) is 22.1 Å². The van der Waals surface area contributed by atoms with Crippen molar-refractivity contribution < 1.29 is 4.79 Å². The van der Waals surface area contributed by atoms with Crippen molar-refractivity contribution in [2.45, 2.75) is 58.2 Å². The fraction of sp³-hybridized carbons (Fsp3) is 0.429. The van der Waals surface area contributed by atoms with Gasteiger partial charge in [-0.2, -0.15) is 0 Å². The number of fused-ring (bicyclic) bond motifs is 3. The monoisotopic (exact) mass is 421 g/mol. The van der Waals surface area contributed by atoms with Crippen molar-refractivity contribution in [2.24, 2.45) is 0 Å². The van der Waals surface area contributed by atoms with Gasteiger partial charge in [-0.3, -0.25) is 4.79 Å². The number of imidazole rings is 1. The highest BCUT2D eigenvalue weighted by atomic mass is 32.1. The predicted molar refractivity (Wildman–Crippen MR) is 117 cm³/mol. The van der Waals surface area contributed by atoms with E-state index in [0.717, 1.165) is 64.1 Å². The van der Waals surface area contributed by atoms with Gasteiger partial charge in [-0.05, 0) is 45.1 Å². The molecule has 30 heavy (non-hydrogen) atoms. The maximum absolute atomic E-state index is 13.7. The summed E-state index contributed by atoms with van der Waals surface area (Å²) < 4.78 is 2.07. The smallest absolute Gasteiger partial charge is 0.271 e. The lowest BCUT2D eigenvalue weighted by Crippen LogP contribution is -2.36. The molecule has 0 atom stereocenters. The molecule has 9 heteroatoms. The third-order valence-corrected chi connectivity index (χ3v) is 6.79. The number of amides is 1. The quantitative estimate of drug-likeness (QED) is 0.487. The molecule has 2 aliphatic rings. The van der Waals surface area contributed by atoms with Crippen LogP contribution in [-0.2, 0) is 6.54 Å². The molecule has 8 nitrogen and oxygen atoms in total. The molecule has 0 saturated heterocycles. The molecule has 0 radical (unpaired) electrons. The predicted octanol–water partition coefficient (Wildman–Crippen LogP) is 4.21. The molecule has 1 amide bonds. The Morgan fingerprint density at radius 2 is 2.07 bits per heavy atom. The van der Waals surface area contributed by atoms with Crippen molar-refractivity contribution in [1.82, 2.24) is 29.4 Å². The zero-order valence-corrected chi connectivity index (χ0v) is 17.8. The molecular weight excluding hydrogens is 398 g/mol. The zero-order chi connectivity index (χ0) is 20.4. The van der Waals surface area contributed by atoms with Gasteiger partial charge in [0.15, 0.2) is 10.9 Å². The molecule has 2 N–H and O–H groups in total. The van der Waals surface area contributed by atoms with Crippen LogP contribution in [0.1, 0.15) is 48.7 Å². The highest BCUT2D eigenvalue weighted by Crippen LogP contribution is 2.40. The second-order valence-electron chi connectivity index (χ2n) is 8.14. The summed E-state index contributed by atoms with van der Waals surface area (Å²) in [5.41, 5.74) is 4.21. The van der Waals surface area contributed by atoms with E-state index < -0.39 is 0 Å². The highest BCUT2D eigenvalue weighted by Gasteiger charge is 2.43. The van der Waals surface area contributed by atoms with E-state index in [1.807, 2.05) is 12.3 Å². The summed E-state index contributed by atoms with van der Waals surface area (Å²) in [5, 5.41) is 6.96. The summed E-state index contributed by atoms with van der Waals surface area (Å²) in [6, 6.07) is 0.824. The Hall–Kier alpha value is -2.94. The van der Waals surface area contributed by atoms with Crippen molar-refractivity contribution in [3.8, 4) is 0 Å². The van der Waals surface area contributed by atoms with Crippen LogP contribution in [0.15, 0.2) is 17.9 Å². The fourth-order valence-electron chi connectivity index (χ4n) is 4.48. The Bertz CT molecular complexity index is 1250. The number of hydrogen-bond donors (Lipinski definition) is 2. The number of pyridine rings is 1. The van der Waals surface area contributed by atoms with Crippen LogP contribution in [-0.4, -0.2) is 47.4 Å². The summed E-state index contributed by atoms with van der Waals surface area (Å²) >= 11 is 1.51. The van der Waals surface area contributed by atoms with Crippen molar-refractivity contribution >= 4 is 50.3 Å². The number of rotatable bonds is 6. The minimum atomic E-state index is 0.152. The molecule has 0 aliphatic heterocycles. The number of anilines is 2. The van der Waals surface area contributed by atoms with Gasteiger partial charge < -0.3 is 19.8 Å². The molecule has 154 valence electrons. The minimum Gasteiger partial charge on any atom is -0.344 e. The summed E-state index contributed by atoms with van der Waals surface area (Å²) in [7, 11) is 0. The molecule has 2 aliphatic carbocycles. The van der Waals surface area contributed by atoms with Crippen molar-refractivity contribution in [1.29, 1.82) is 0 Å². The molecule has 0 bridgehead atoms. The first kappa shape index (κ1) is 17.9. The number of aromatic amines is 1. The first-order chi connectivity index (χ1) is 14.7. The molecule has 0 spiro atoms. The summed E-state index contributed by atoms with van der Waals surface area (Å²) in [6.07, 6.45) is 7.94. The van der Waals surface area contributed by atoms with Crippen LogP contribution in [0.4, 0.5) is 10.9 Å². The molecule has 0 aromatic carbocycles. The van der Waals surface area contributed by atoms with Crippen LogP contribution in [0.3, 0.4) is 0 Å². The number of nitrogens with one attached hydrogen (secondary N) is 2. The van der Waals surface area contributed by atoms with Crippen LogP contribution in [0.5, 0.6) is 0 Å². The molecule has 4 heterocycles. The van der Waals surface area contributed by atoms with Gasteiger partial charge in [-0.25, -0.2) is 15.0 Å². The Kier molecular flexibility index (Phi) is 3.89. The third kappa shape index (κ3) is 2.64. The van der Waals surface area contributed by atoms with E-state index in [-0.39, 0.29) is 5.91 Å². The van der Waals surface area contributed by atoms with Gasteiger partial charge in [-0.15, -0.1) is 11.3 Å². The molecule has 4 aromatic rings. The van der Waals surface area contributed by atoms with Crippen LogP contribution >= 0.6 is 11.3 Å². The number of nitrogens with zero attached hydrogens (tertiary/aromatic N) is 5. The van der Waals surface area contributed by atoms with Gasteiger partial charge in [0.1, 0.15) is 16.9 Å². The Labute approximate surface area is 177 Å². The molecule has 4 aromatic heterocycles. The van der Waals surface area contributed by atoms with Gasteiger partial charge in [0.25, 0.3) is 5.91 Å². The van der Waals surface area contributed by atoms with E-state index in [9.17, 15) is 4.79 Å². The number of carbonyl (C=O) groups is 1. The Balaban J connectivity index is 1.56. The van der Waals surface area contributed by atoms with Crippen molar-refractivity contribution in [3.63, 3.8) is 0 Å². The average molecular weight is 422 g/mol. The number of H-pyrrole nitrogens is 1. The Morgan fingerprint density at radius 1 is 1.30 bits per heavy atom. The van der Waals surface area contributed by atoms with Gasteiger partial charge in [0.2, 0.25) is 0 Å². The average Bonchev–Trinajstić information content (AvgIpc) is 3.62. The number of hydrogen-bond acceptors (Lipinski definition) is 6. The van der Waals surface area contributed by atoms with E-state index in [2.05, 4.69) is 36.7 Å². The van der Waals surface area contributed by atoms with Crippen LogP contribution < -0.4 is 5.32 Å². The normalized spacial score (nSPS) is 16.5. The molecule has 2 saturated carbocycles. The fourth-order valence-corrected chi connectivity index (χ4v) is 5.01. The van der Waals surface area contributed by atoms with Gasteiger partial charge in [0, 0.05) is 35.6 Å². The molecular formula is C21H23N7OS. The standard InChI is InChI=1S/C21H23N7OS/c1-3-27-17(20(29)28(12-4-5-12)13-6-7-13)11(2)14-15-16(24-10-23-15)18(25-19(14)27)26-21-22-8-9-30-21/h8-10,12-13H,3-7H2,1-2H3,(H,23,24)(H,22,25,26). The Morgan fingerprint density at radius 3 is 2.70 bits per heavy atom. The van der Waals surface area contributed by atoms with Gasteiger partial charge in [-0.1, -0.05) is 0 Å². The SMILES string of the molecule is CCn1c(C(=O)N(C2CC2)C2CC2)c(C)c2c3[nH]cnc3c(Nc3nccs3)nc21. The molecule has 6 rings (SSSR count). The summed E-state index contributed by atoms with van der Waals surface area (Å²) in [6.45, 7) is 4.79. The highest BCUT2D eigenvalue weighted by molar-refractivity contribution is 7.13. The first-order valence-electron chi connectivity index (χ1n) is 10.5. The van der Waals surface area contributed by atoms with E-state index in [4.69, 9.17) is 4.98 Å². The number of aromatic nitrogens is 5. The second-order valence-corrected chi connectivity index (χ2v) is 9.03. The van der Waals surface area contributed by atoms with E-state index in [0.29, 0.717) is 24.4 Å². The van der Waals surface area contributed by atoms with Crippen molar-refractivity contribution in [3.05, 3.63) is 29.2 Å². The summed E-state index contributed by atoms with van der Waals surface area (Å²) in [4.78, 5) is 32.9. The zero-order valence-electron chi connectivity index (χ0n) is 17.0.